The van der Waals surface area contributed by atoms with Crippen LogP contribution in [-0.4, -0.2) is 75.7 Å². The lowest BCUT2D eigenvalue weighted by atomic mass is 9.97. The summed E-state index contributed by atoms with van der Waals surface area (Å²) in [6.45, 7) is 4.16. The molecule has 2 saturated heterocycles. The molecular weight excluding hydrogens is 330 g/mol. The van der Waals surface area contributed by atoms with Crippen molar-refractivity contribution in [1.29, 1.82) is 0 Å². The summed E-state index contributed by atoms with van der Waals surface area (Å²) in [6.07, 6.45) is 3.20. The van der Waals surface area contributed by atoms with E-state index in [2.05, 4.69) is 17.3 Å². The number of ether oxygens (including phenoxy) is 2. The Bertz CT molecular complexity index is 616. The van der Waals surface area contributed by atoms with Gasteiger partial charge in [0.05, 0.1) is 20.8 Å². The van der Waals surface area contributed by atoms with Gasteiger partial charge in [0, 0.05) is 30.6 Å². The van der Waals surface area contributed by atoms with E-state index in [0.29, 0.717) is 18.5 Å². The summed E-state index contributed by atoms with van der Waals surface area (Å²) in [6, 6.07) is 6.41. The van der Waals surface area contributed by atoms with Gasteiger partial charge in [-0.15, -0.1) is 0 Å². The van der Waals surface area contributed by atoms with E-state index in [1.807, 2.05) is 23.1 Å². The maximum Gasteiger partial charge on any atom is 0.236 e. The van der Waals surface area contributed by atoms with E-state index in [4.69, 9.17) is 9.47 Å². The zero-order valence-electron chi connectivity index (χ0n) is 16.2. The number of carbonyl (C=O) groups is 1. The summed E-state index contributed by atoms with van der Waals surface area (Å²) >= 11 is 0. The zero-order valence-corrected chi connectivity index (χ0v) is 16.2. The van der Waals surface area contributed by atoms with Crippen LogP contribution in [0.5, 0.6) is 11.5 Å². The van der Waals surface area contributed by atoms with Crippen LogP contribution in [0, 0.1) is 0 Å². The van der Waals surface area contributed by atoms with E-state index in [-0.39, 0.29) is 5.91 Å². The number of nitrogens with zero attached hydrogens (tertiary/aromatic N) is 2. The van der Waals surface area contributed by atoms with Crippen molar-refractivity contribution >= 4 is 5.91 Å². The summed E-state index contributed by atoms with van der Waals surface area (Å²) in [5.74, 6) is 2.23. The van der Waals surface area contributed by atoms with Crippen molar-refractivity contribution in [3.8, 4) is 11.5 Å². The summed E-state index contributed by atoms with van der Waals surface area (Å²) in [4.78, 5) is 17.0. The van der Waals surface area contributed by atoms with E-state index >= 15 is 0 Å². The number of likely N-dealkylation sites (N-methyl/N-ethyl adjacent to an activating group) is 1. The van der Waals surface area contributed by atoms with E-state index in [9.17, 15) is 4.79 Å². The maximum atomic E-state index is 12.8. The Labute approximate surface area is 156 Å². The first-order valence-electron chi connectivity index (χ1n) is 9.53. The van der Waals surface area contributed by atoms with Gasteiger partial charge >= 0.3 is 0 Å². The number of carbonyl (C=O) groups excluding carboxylic acids is 1. The first kappa shape index (κ1) is 19.0. The molecule has 6 nitrogen and oxygen atoms in total. The minimum Gasteiger partial charge on any atom is -0.497 e. The second-order valence-corrected chi connectivity index (χ2v) is 7.33. The molecule has 3 rings (SSSR count). The summed E-state index contributed by atoms with van der Waals surface area (Å²) < 4.78 is 10.9. The van der Waals surface area contributed by atoms with Crippen molar-refractivity contribution in [1.82, 2.24) is 15.1 Å². The molecule has 2 fully saturated rings. The molecule has 1 aromatic rings. The fourth-order valence-electron chi connectivity index (χ4n) is 4.09. The Morgan fingerprint density at radius 1 is 1.23 bits per heavy atom. The van der Waals surface area contributed by atoms with Crippen LogP contribution < -0.4 is 14.8 Å². The predicted octanol–water partition coefficient (Wildman–Crippen LogP) is 1.70. The van der Waals surface area contributed by atoms with E-state index in [0.717, 1.165) is 62.5 Å². The lowest BCUT2D eigenvalue weighted by Gasteiger charge is -2.32. The van der Waals surface area contributed by atoms with Crippen molar-refractivity contribution in [2.24, 2.45) is 0 Å². The lowest BCUT2D eigenvalue weighted by molar-refractivity contribution is -0.131. The number of hydrogen-bond acceptors (Lipinski definition) is 5. The molecule has 6 heteroatoms. The first-order chi connectivity index (χ1) is 12.6. The Kier molecular flexibility index (Phi) is 6.38. The molecule has 1 N–H and O–H groups in total. The van der Waals surface area contributed by atoms with Gasteiger partial charge in [0.15, 0.2) is 0 Å². The Morgan fingerprint density at radius 3 is 2.69 bits per heavy atom. The van der Waals surface area contributed by atoms with Gasteiger partial charge in [0.1, 0.15) is 11.5 Å². The number of methoxy groups -OCH3 is 2. The molecule has 1 unspecified atom stereocenters. The lowest BCUT2D eigenvalue weighted by Crippen LogP contribution is -2.46. The highest BCUT2D eigenvalue weighted by Crippen LogP contribution is 2.36. The van der Waals surface area contributed by atoms with Crippen LogP contribution in [0.2, 0.25) is 0 Å². The Balaban J connectivity index is 1.60. The number of amides is 1. The third-order valence-electron chi connectivity index (χ3n) is 5.73. The SMILES string of the molecule is COc1ccc(OC)c(C2CCN(C(=O)CN(C)C3CCNCC3)C2)c1. The van der Waals surface area contributed by atoms with Gasteiger partial charge in [-0.3, -0.25) is 9.69 Å². The molecule has 1 aromatic carbocycles. The van der Waals surface area contributed by atoms with Gasteiger partial charge in [-0.1, -0.05) is 0 Å². The van der Waals surface area contributed by atoms with Crippen LogP contribution in [0.15, 0.2) is 18.2 Å². The average molecular weight is 361 g/mol. The number of rotatable bonds is 6. The Hall–Kier alpha value is -1.79. The minimum absolute atomic E-state index is 0.232. The van der Waals surface area contributed by atoms with Gasteiger partial charge in [0.2, 0.25) is 5.91 Å². The molecule has 2 aliphatic heterocycles. The van der Waals surface area contributed by atoms with E-state index in [1.54, 1.807) is 14.2 Å². The standard InChI is InChI=1S/C20H31N3O3/c1-22(16-6-9-21-10-7-16)14-20(24)23-11-8-15(13-23)18-12-17(25-2)4-5-19(18)26-3/h4-5,12,15-16,21H,6-11,13-14H2,1-3H3. The van der Waals surface area contributed by atoms with Crippen molar-refractivity contribution in [3.63, 3.8) is 0 Å². The molecule has 2 aliphatic rings. The smallest absolute Gasteiger partial charge is 0.236 e. The highest BCUT2D eigenvalue weighted by atomic mass is 16.5. The quantitative estimate of drug-likeness (QED) is 0.836. The maximum absolute atomic E-state index is 12.8. The molecule has 0 aliphatic carbocycles. The van der Waals surface area contributed by atoms with Crippen molar-refractivity contribution < 1.29 is 14.3 Å². The number of piperidine rings is 1. The number of benzene rings is 1. The molecule has 2 heterocycles. The van der Waals surface area contributed by atoms with Crippen molar-refractivity contribution in [2.45, 2.75) is 31.2 Å². The van der Waals surface area contributed by atoms with Crippen LogP contribution in [0.4, 0.5) is 0 Å². The second kappa shape index (κ2) is 8.73. The Morgan fingerprint density at radius 2 is 2.00 bits per heavy atom. The van der Waals surface area contributed by atoms with Gasteiger partial charge < -0.3 is 19.7 Å². The fourth-order valence-corrected chi connectivity index (χ4v) is 4.09. The minimum atomic E-state index is 0.232. The third kappa shape index (κ3) is 4.30. The topological polar surface area (TPSA) is 54.0 Å². The highest BCUT2D eigenvalue weighted by molar-refractivity contribution is 5.78. The van der Waals surface area contributed by atoms with Crippen LogP contribution >= 0.6 is 0 Å². The van der Waals surface area contributed by atoms with Gasteiger partial charge in [-0.05, 0) is 57.6 Å². The van der Waals surface area contributed by atoms with Crippen molar-refractivity contribution in [2.75, 3.05) is 54.0 Å². The van der Waals surface area contributed by atoms with Gasteiger partial charge in [0.25, 0.3) is 0 Å². The van der Waals surface area contributed by atoms with Crippen LogP contribution in [-0.2, 0) is 4.79 Å². The van der Waals surface area contributed by atoms with Gasteiger partial charge in [-0.2, -0.15) is 0 Å². The van der Waals surface area contributed by atoms with E-state index < -0.39 is 0 Å². The van der Waals surface area contributed by atoms with Crippen LogP contribution in [0.3, 0.4) is 0 Å². The molecule has 0 radical (unpaired) electrons. The largest absolute Gasteiger partial charge is 0.497 e. The van der Waals surface area contributed by atoms with Crippen LogP contribution in [0.25, 0.3) is 0 Å². The summed E-state index contributed by atoms with van der Waals surface area (Å²) in [7, 11) is 5.44. The van der Waals surface area contributed by atoms with Crippen LogP contribution in [0.1, 0.15) is 30.7 Å². The molecule has 0 aromatic heterocycles. The summed E-state index contributed by atoms with van der Waals surface area (Å²) in [5, 5.41) is 3.38. The van der Waals surface area contributed by atoms with Crippen molar-refractivity contribution in [3.05, 3.63) is 23.8 Å². The fraction of sp³-hybridized carbons (Fsp3) is 0.650. The molecule has 1 atom stereocenters. The molecular formula is C20H31N3O3. The van der Waals surface area contributed by atoms with Gasteiger partial charge in [-0.25, -0.2) is 0 Å². The monoisotopic (exact) mass is 361 g/mol. The first-order valence-corrected chi connectivity index (χ1v) is 9.53. The molecule has 0 saturated carbocycles. The molecule has 1 amide bonds. The summed E-state index contributed by atoms with van der Waals surface area (Å²) in [5.41, 5.74) is 1.13. The number of likely N-dealkylation sites (tertiary alicyclic amines) is 1. The highest BCUT2D eigenvalue weighted by Gasteiger charge is 2.30. The molecule has 0 spiro atoms. The average Bonchev–Trinajstić information content (AvgIpc) is 3.18. The number of hydrogen-bond donors (Lipinski definition) is 1. The predicted molar refractivity (Wildman–Crippen MR) is 102 cm³/mol. The molecule has 26 heavy (non-hydrogen) atoms. The molecule has 144 valence electrons. The molecule has 0 bridgehead atoms. The second-order valence-electron chi connectivity index (χ2n) is 7.33. The van der Waals surface area contributed by atoms with E-state index in [1.165, 1.54) is 0 Å². The third-order valence-corrected chi connectivity index (χ3v) is 5.73. The number of nitrogens with one attached hydrogen (secondary N) is 1. The normalized spacial score (nSPS) is 21.2. The zero-order chi connectivity index (χ0) is 18.5.